The molecule has 2 aromatic rings. The molecular weight excluding hydrogens is 354 g/mol. The third-order valence-corrected chi connectivity index (χ3v) is 4.45. The van der Waals surface area contributed by atoms with Crippen LogP contribution in [0.15, 0.2) is 48.5 Å². The van der Waals surface area contributed by atoms with Gasteiger partial charge in [0.15, 0.2) is 0 Å². The molecule has 0 saturated heterocycles. The van der Waals surface area contributed by atoms with Crippen LogP contribution in [0.5, 0.6) is 0 Å². The van der Waals surface area contributed by atoms with Crippen LogP contribution in [0, 0.1) is 10.1 Å². The first-order valence-corrected chi connectivity index (χ1v) is 8.08. The van der Waals surface area contributed by atoms with Crippen molar-refractivity contribution >= 4 is 29.7 Å². The second kappa shape index (κ2) is 9.31. The average molecular weight is 378 g/mol. The Morgan fingerprint density at radius 2 is 1.73 bits per heavy atom. The van der Waals surface area contributed by atoms with Crippen LogP contribution in [0.25, 0.3) is 0 Å². The molecule has 2 aromatic carbocycles. The van der Waals surface area contributed by atoms with Crippen molar-refractivity contribution in [1.29, 1.82) is 0 Å². The quantitative estimate of drug-likeness (QED) is 0.559. The maximum Gasteiger partial charge on any atom is 0.297 e. The first kappa shape index (κ1) is 21.6. The van der Waals surface area contributed by atoms with Gasteiger partial charge in [-0.25, -0.2) is 0 Å². The zero-order chi connectivity index (χ0) is 18.6. The van der Waals surface area contributed by atoms with Crippen molar-refractivity contribution < 1.29 is 9.72 Å². The largest absolute Gasteiger partial charge is 0.310 e. The predicted molar refractivity (Wildman–Crippen MR) is 106 cm³/mol. The molecule has 0 spiro atoms. The lowest BCUT2D eigenvalue weighted by Gasteiger charge is -2.26. The molecule has 0 radical (unpaired) electrons. The highest BCUT2D eigenvalue weighted by atomic mass is 35.5. The van der Waals surface area contributed by atoms with E-state index in [1.807, 2.05) is 44.3 Å². The summed E-state index contributed by atoms with van der Waals surface area (Å²) in [4.78, 5) is 26.3. The van der Waals surface area contributed by atoms with Crippen molar-refractivity contribution in [3.05, 3.63) is 69.8 Å². The topological polar surface area (TPSA) is 66.7 Å². The molecule has 140 valence electrons. The number of rotatable bonds is 6. The Morgan fingerprint density at radius 1 is 1.12 bits per heavy atom. The van der Waals surface area contributed by atoms with Crippen molar-refractivity contribution in [1.82, 2.24) is 4.90 Å². The Hall–Kier alpha value is -2.44. The second-order valence-corrected chi connectivity index (χ2v) is 6.13. The molecule has 0 aliphatic carbocycles. The molecule has 0 aliphatic heterocycles. The second-order valence-electron chi connectivity index (χ2n) is 6.13. The zero-order valence-corrected chi connectivity index (χ0v) is 16.2. The lowest BCUT2D eigenvalue weighted by Crippen LogP contribution is -2.26. The molecule has 0 aromatic heterocycles. The minimum Gasteiger partial charge on any atom is -0.310 e. The van der Waals surface area contributed by atoms with E-state index in [4.69, 9.17) is 0 Å². The van der Waals surface area contributed by atoms with Gasteiger partial charge in [-0.3, -0.25) is 19.8 Å². The van der Waals surface area contributed by atoms with Crippen LogP contribution in [0.1, 0.15) is 31.0 Å². The molecule has 2 rings (SSSR count). The number of nitro groups is 1. The number of hydrogen-bond donors (Lipinski definition) is 0. The minimum atomic E-state index is -0.406. The highest BCUT2D eigenvalue weighted by molar-refractivity contribution is 5.93. The van der Waals surface area contributed by atoms with E-state index in [-0.39, 0.29) is 30.0 Å². The van der Waals surface area contributed by atoms with Gasteiger partial charge in [0.2, 0.25) is 5.91 Å². The van der Waals surface area contributed by atoms with E-state index in [2.05, 4.69) is 4.90 Å². The Kier molecular flexibility index (Phi) is 7.74. The maximum atomic E-state index is 11.7. The van der Waals surface area contributed by atoms with Gasteiger partial charge in [-0.05, 0) is 25.6 Å². The molecule has 0 saturated carbocycles. The monoisotopic (exact) mass is 377 g/mol. The van der Waals surface area contributed by atoms with Gasteiger partial charge in [0.05, 0.1) is 4.92 Å². The summed E-state index contributed by atoms with van der Waals surface area (Å²) < 4.78 is 0. The summed E-state index contributed by atoms with van der Waals surface area (Å²) >= 11 is 0. The van der Waals surface area contributed by atoms with E-state index in [1.54, 1.807) is 25.2 Å². The molecule has 0 N–H and O–H groups in total. The fourth-order valence-corrected chi connectivity index (χ4v) is 2.77. The fraction of sp³-hybridized carbons (Fsp3) is 0.316. The van der Waals surface area contributed by atoms with E-state index in [0.717, 1.165) is 5.56 Å². The number of carbonyl (C=O) groups is 1. The number of halogens is 1. The van der Waals surface area contributed by atoms with E-state index >= 15 is 0 Å². The van der Waals surface area contributed by atoms with Gasteiger partial charge < -0.3 is 4.90 Å². The Balaban J connectivity index is 0.00000338. The first-order chi connectivity index (χ1) is 11.8. The summed E-state index contributed by atoms with van der Waals surface area (Å²) in [5.41, 5.74) is 2.02. The Morgan fingerprint density at radius 3 is 2.27 bits per heavy atom. The van der Waals surface area contributed by atoms with Crippen LogP contribution in [-0.2, 0) is 11.3 Å². The molecule has 6 nitrogen and oxygen atoms in total. The van der Waals surface area contributed by atoms with Gasteiger partial charge >= 0.3 is 0 Å². The molecule has 1 atom stereocenters. The number of nitrogens with zero attached hydrogens (tertiary/aromatic N) is 3. The van der Waals surface area contributed by atoms with Crippen molar-refractivity contribution in [2.24, 2.45) is 0 Å². The normalized spacial score (nSPS) is 11.6. The predicted octanol–water partition coefficient (Wildman–Crippen LogP) is 4.19. The van der Waals surface area contributed by atoms with Crippen LogP contribution in [0.2, 0.25) is 0 Å². The number of benzene rings is 2. The maximum absolute atomic E-state index is 11.7. The minimum absolute atomic E-state index is 0. The summed E-state index contributed by atoms with van der Waals surface area (Å²) in [6.07, 6.45) is 0. The lowest BCUT2D eigenvalue weighted by molar-refractivity contribution is -0.385. The summed E-state index contributed by atoms with van der Waals surface area (Å²) in [6, 6.07) is 14.9. The number of carbonyl (C=O) groups excluding carboxylic acids is 1. The van der Waals surface area contributed by atoms with E-state index in [9.17, 15) is 14.9 Å². The SMILES string of the molecule is CC(=O)N(C)c1cccc([C@H](C)N(C)Cc2ccccc2)c1[N+](=O)[O-].Cl. The van der Waals surface area contributed by atoms with Crippen LogP contribution < -0.4 is 4.90 Å². The van der Waals surface area contributed by atoms with Crippen LogP contribution >= 0.6 is 12.4 Å². The summed E-state index contributed by atoms with van der Waals surface area (Å²) in [5.74, 6) is -0.245. The summed E-state index contributed by atoms with van der Waals surface area (Å²) in [5, 5.41) is 11.7. The molecular formula is C19H24ClN3O3. The third-order valence-electron chi connectivity index (χ3n) is 4.45. The van der Waals surface area contributed by atoms with Gasteiger partial charge in [0, 0.05) is 32.1 Å². The van der Waals surface area contributed by atoms with Gasteiger partial charge in [0.25, 0.3) is 5.69 Å². The molecule has 1 amide bonds. The van der Waals surface area contributed by atoms with Crippen molar-refractivity contribution in [3.63, 3.8) is 0 Å². The number of anilines is 1. The van der Waals surface area contributed by atoms with Crippen molar-refractivity contribution in [2.45, 2.75) is 26.4 Å². The summed E-state index contributed by atoms with van der Waals surface area (Å²) in [7, 11) is 3.48. The van der Waals surface area contributed by atoms with Crippen molar-refractivity contribution in [3.8, 4) is 0 Å². The summed E-state index contributed by atoms with van der Waals surface area (Å²) in [6.45, 7) is 4.00. The Bertz CT molecular complexity index is 768. The molecule has 0 unspecified atom stereocenters. The van der Waals surface area contributed by atoms with Crippen molar-refractivity contribution in [2.75, 3.05) is 19.0 Å². The molecule has 0 aliphatic rings. The highest BCUT2D eigenvalue weighted by Crippen LogP contribution is 2.36. The highest BCUT2D eigenvalue weighted by Gasteiger charge is 2.28. The lowest BCUT2D eigenvalue weighted by atomic mass is 10.0. The number of para-hydroxylation sites is 1. The molecule has 26 heavy (non-hydrogen) atoms. The first-order valence-electron chi connectivity index (χ1n) is 8.08. The fourth-order valence-electron chi connectivity index (χ4n) is 2.77. The van der Waals surface area contributed by atoms with Gasteiger partial charge in [-0.1, -0.05) is 42.5 Å². The molecule has 0 fully saturated rings. The molecule has 7 heteroatoms. The zero-order valence-electron chi connectivity index (χ0n) is 15.4. The molecule has 0 bridgehead atoms. The van der Waals surface area contributed by atoms with Gasteiger partial charge in [0.1, 0.15) is 5.69 Å². The van der Waals surface area contributed by atoms with E-state index < -0.39 is 4.92 Å². The Labute approximate surface area is 160 Å². The van der Waals surface area contributed by atoms with E-state index in [1.165, 1.54) is 11.8 Å². The van der Waals surface area contributed by atoms with E-state index in [0.29, 0.717) is 17.8 Å². The smallest absolute Gasteiger partial charge is 0.297 e. The number of amides is 1. The molecule has 0 heterocycles. The van der Waals surface area contributed by atoms with Crippen LogP contribution in [0.3, 0.4) is 0 Å². The number of hydrogen-bond acceptors (Lipinski definition) is 4. The van der Waals surface area contributed by atoms with Gasteiger partial charge in [-0.2, -0.15) is 0 Å². The average Bonchev–Trinajstić information content (AvgIpc) is 2.60. The van der Waals surface area contributed by atoms with Crippen LogP contribution in [0.4, 0.5) is 11.4 Å². The van der Waals surface area contributed by atoms with Crippen LogP contribution in [-0.4, -0.2) is 29.8 Å². The van der Waals surface area contributed by atoms with Gasteiger partial charge in [-0.15, -0.1) is 12.4 Å². The number of nitro benzene ring substituents is 1. The standard InChI is InChI=1S/C19H23N3O3.ClH/c1-14(20(3)13-16-9-6-5-7-10-16)17-11-8-12-18(19(17)22(24)25)21(4)15(2)23;/h5-12,14H,13H2,1-4H3;1H/t14-;/m0./s1. The third kappa shape index (κ3) is 4.80.